The molecule has 1 unspecified atom stereocenters. The Balaban J connectivity index is 1.43. The van der Waals surface area contributed by atoms with Gasteiger partial charge in [0.1, 0.15) is 23.9 Å². The SMILES string of the molecule is C=CC(=O)Nc1ccc(-c2c3c4c(ncnc4n2C)NCCC2=CC(Oc4nccc(OC)n4)CC=C23)cc1. The molecule has 4 aromatic rings. The highest BCUT2D eigenvalue weighted by molar-refractivity contribution is 6.08. The van der Waals surface area contributed by atoms with E-state index in [0.717, 1.165) is 52.2 Å². The number of nitrogens with zero attached hydrogens (tertiary/aromatic N) is 5. The average Bonchev–Trinajstić information content (AvgIpc) is 3.25. The van der Waals surface area contributed by atoms with Gasteiger partial charge in [-0.05, 0) is 47.4 Å². The summed E-state index contributed by atoms with van der Waals surface area (Å²) in [6.45, 7) is 4.24. The van der Waals surface area contributed by atoms with E-state index in [2.05, 4.69) is 53.9 Å². The molecule has 0 saturated heterocycles. The number of aryl methyl sites for hydroxylation is 1. The average molecular weight is 522 g/mol. The first-order valence-corrected chi connectivity index (χ1v) is 12.6. The standard InChI is InChI=1S/C29H27N7O3/c1-4-22(37)34-19-7-5-17(6-8-19)26-24-21-10-9-20(39-29-31-14-12-23(35-29)38-3)15-18(21)11-13-30-27-25(24)28(36(26)2)33-16-32-27/h4-8,10,12,14-16,20H,1,9,11,13H2,2-3H3,(H,34,37)(H,30,32,33). The zero-order valence-electron chi connectivity index (χ0n) is 21.6. The quantitative estimate of drug-likeness (QED) is 0.356. The molecule has 196 valence electrons. The van der Waals surface area contributed by atoms with Crippen LogP contribution in [0.5, 0.6) is 11.9 Å². The van der Waals surface area contributed by atoms with Crippen LogP contribution in [0.15, 0.2) is 73.2 Å². The van der Waals surface area contributed by atoms with Gasteiger partial charge in [0.25, 0.3) is 0 Å². The van der Waals surface area contributed by atoms with Crippen molar-refractivity contribution in [3.8, 4) is 23.1 Å². The van der Waals surface area contributed by atoms with Crippen molar-refractivity contribution in [2.24, 2.45) is 7.05 Å². The van der Waals surface area contributed by atoms with Crippen LogP contribution in [0.4, 0.5) is 11.5 Å². The molecule has 39 heavy (non-hydrogen) atoms. The van der Waals surface area contributed by atoms with Crippen LogP contribution in [0.25, 0.3) is 27.9 Å². The van der Waals surface area contributed by atoms with E-state index >= 15 is 0 Å². The lowest BCUT2D eigenvalue weighted by molar-refractivity contribution is -0.111. The topological polar surface area (TPSA) is 116 Å². The van der Waals surface area contributed by atoms with Crippen LogP contribution in [-0.2, 0) is 11.8 Å². The van der Waals surface area contributed by atoms with Gasteiger partial charge in [-0.3, -0.25) is 4.79 Å². The van der Waals surface area contributed by atoms with Gasteiger partial charge in [0.15, 0.2) is 0 Å². The maximum atomic E-state index is 11.8. The highest BCUT2D eigenvalue weighted by Crippen LogP contribution is 2.45. The molecule has 10 heteroatoms. The van der Waals surface area contributed by atoms with E-state index in [-0.39, 0.29) is 18.0 Å². The van der Waals surface area contributed by atoms with E-state index in [9.17, 15) is 4.79 Å². The number of hydrogen-bond donors (Lipinski definition) is 2. The number of hydrogen-bond acceptors (Lipinski definition) is 8. The summed E-state index contributed by atoms with van der Waals surface area (Å²) >= 11 is 0. The molecule has 0 radical (unpaired) electrons. The summed E-state index contributed by atoms with van der Waals surface area (Å²) in [6, 6.07) is 9.75. The highest BCUT2D eigenvalue weighted by Gasteiger charge is 2.29. The maximum absolute atomic E-state index is 11.8. The number of allylic oxidation sites excluding steroid dienone is 1. The number of methoxy groups -OCH3 is 1. The normalized spacial score (nSPS) is 16.1. The van der Waals surface area contributed by atoms with E-state index in [1.165, 1.54) is 11.6 Å². The fraction of sp³-hybridized carbons (Fsp3) is 0.207. The van der Waals surface area contributed by atoms with Crippen molar-refractivity contribution in [2.75, 3.05) is 24.3 Å². The van der Waals surface area contributed by atoms with Crippen LogP contribution in [-0.4, -0.2) is 50.2 Å². The molecule has 1 aliphatic heterocycles. The van der Waals surface area contributed by atoms with Crippen molar-refractivity contribution in [3.63, 3.8) is 0 Å². The van der Waals surface area contributed by atoms with E-state index in [0.29, 0.717) is 18.0 Å². The number of ether oxygens (including phenoxy) is 2. The predicted molar refractivity (Wildman–Crippen MR) is 150 cm³/mol. The summed E-state index contributed by atoms with van der Waals surface area (Å²) in [4.78, 5) is 29.5. The minimum atomic E-state index is -0.251. The lowest BCUT2D eigenvalue weighted by Gasteiger charge is -2.25. The fourth-order valence-electron chi connectivity index (χ4n) is 5.15. The molecule has 10 nitrogen and oxygen atoms in total. The zero-order chi connectivity index (χ0) is 26.9. The Kier molecular flexibility index (Phi) is 6.28. The summed E-state index contributed by atoms with van der Waals surface area (Å²) < 4.78 is 13.4. The number of anilines is 2. The second kappa shape index (κ2) is 10.1. The minimum absolute atomic E-state index is 0.211. The van der Waals surface area contributed by atoms with E-state index in [1.807, 2.05) is 31.3 Å². The zero-order valence-corrected chi connectivity index (χ0v) is 21.6. The maximum Gasteiger partial charge on any atom is 0.320 e. The Labute approximate surface area is 225 Å². The second-order valence-corrected chi connectivity index (χ2v) is 9.23. The van der Waals surface area contributed by atoms with Gasteiger partial charge < -0.3 is 24.7 Å². The van der Waals surface area contributed by atoms with Gasteiger partial charge in [0, 0.05) is 43.5 Å². The largest absolute Gasteiger partial charge is 0.481 e. The molecule has 1 aliphatic carbocycles. The molecule has 0 saturated carbocycles. The van der Waals surface area contributed by atoms with Gasteiger partial charge in [-0.15, -0.1) is 0 Å². The van der Waals surface area contributed by atoms with Crippen LogP contribution in [0.1, 0.15) is 18.4 Å². The molecule has 6 rings (SSSR count). The van der Waals surface area contributed by atoms with Gasteiger partial charge in [-0.25, -0.2) is 15.0 Å². The van der Waals surface area contributed by atoms with Crippen LogP contribution in [0, 0.1) is 0 Å². The van der Waals surface area contributed by atoms with E-state index in [1.54, 1.807) is 25.7 Å². The number of nitrogens with one attached hydrogen (secondary N) is 2. The van der Waals surface area contributed by atoms with Crippen molar-refractivity contribution >= 4 is 34.0 Å². The van der Waals surface area contributed by atoms with Gasteiger partial charge in [-0.1, -0.05) is 24.8 Å². The molecular formula is C29H27N7O3. The summed E-state index contributed by atoms with van der Waals surface area (Å²) in [5.41, 5.74) is 6.93. The molecule has 0 fully saturated rings. The number of amides is 1. The molecule has 1 atom stereocenters. The van der Waals surface area contributed by atoms with Crippen molar-refractivity contribution in [3.05, 3.63) is 78.8 Å². The number of carbonyl (C=O) groups excluding carboxylic acids is 1. The summed E-state index contributed by atoms with van der Waals surface area (Å²) in [5, 5.41) is 7.29. The van der Waals surface area contributed by atoms with E-state index in [4.69, 9.17) is 9.47 Å². The first-order valence-electron chi connectivity index (χ1n) is 12.6. The number of benzene rings is 1. The lowest BCUT2D eigenvalue weighted by atomic mass is 9.85. The summed E-state index contributed by atoms with van der Waals surface area (Å²) in [6.07, 6.45) is 10.1. The number of fused-ring (bicyclic) bond motifs is 2. The third kappa shape index (κ3) is 4.50. The van der Waals surface area contributed by atoms with Crippen molar-refractivity contribution < 1.29 is 14.3 Å². The Morgan fingerprint density at radius 3 is 2.85 bits per heavy atom. The third-order valence-electron chi connectivity index (χ3n) is 6.90. The Morgan fingerprint density at radius 1 is 1.21 bits per heavy atom. The summed E-state index contributed by atoms with van der Waals surface area (Å²) in [5.74, 6) is 1.02. The first kappa shape index (κ1) is 24.4. The van der Waals surface area contributed by atoms with Crippen LogP contribution >= 0.6 is 0 Å². The number of carbonyl (C=O) groups is 1. The molecule has 4 heterocycles. The predicted octanol–water partition coefficient (Wildman–Crippen LogP) is 4.54. The fourth-order valence-corrected chi connectivity index (χ4v) is 5.15. The van der Waals surface area contributed by atoms with Crippen molar-refractivity contribution in [1.29, 1.82) is 0 Å². The van der Waals surface area contributed by atoms with Crippen LogP contribution in [0.3, 0.4) is 0 Å². The Bertz CT molecular complexity index is 1650. The van der Waals surface area contributed by atoms with E-state index < -0.39 is 0 Å². The molecule has 1 amide bonds. The Hall–Kier alpha value is -4.99. The van der Waals surface area contributed by atoms with Crippen LogP contribution < -0.4 is 20.1 Å². The molecule has 0 spiro atoms. The monoisotopic (exact) mass is 521 g/mol. The molecular weight excluding hydrogens is 494 g/mol. The van der Waals surface area contributed by atoms with Gasteiger partial charge in [0.2, 0.25) is 11.8 Å². The Morgan fingerprint density at radius 2 is 2.05 bits per heavy atom. The van der Waals surface area contributed by atoms with Gasteiger partial charge >= 0.3 is 6.01 Å². The third-order valence-corrected chi connectivity index (χ3v) is 6.90. The second-order valence-electron chi connectivity index (χ2n) is 9.23. The minimum Gasteiger partial charge on any atom is -0.481 e. The molecule has 2 N–H and O–H groups in total. The van der Waals surface area contributed by atoms with Crippen molar-refractivity contribution in [2.45, 2.75) is 18.9 Å². The smallest absolute Gasteiger partial charge is 0.320 e. The summed E-state index contributed by atoms with van der Waals surface area (Å²) in [7, 11) is 3.58. The molecule has 1 aromatic carbocycles. The number of aromatic nitrogens is 5. The first-order chi connectivity index (χ1) is 19.1. The lowest BCUT2D eigenvalue weighted by Crippen LogP contribution is -2.20. The molecule has 2 aliphatic rings. The van der Waals surface area contributed by atoms with Gasteiger partial charge in [-0.2, -0.15) is 4.98 Å². The van der Waals surface area contributed by atoms with Crippen LogP contribution in [0.2, 0.25) is 0 Å². The highest BCUT2D eigenvalue weighted by atomic mass is 16.5. The van der Waals surface area contributed by atoms with Crippen molar-refractivity contribution in [1.82, 2.24) is 24.5 Å². The van der Waals surface area contributed by atoms with Gasteiger partial charge in [0.05, 0.1) is 18.2 Å². The number of rotatable bonds is 6. The molecule has 3 aromatic heterocycles. The molecule has 0 bridgehead atoms.